The molecule has 1 heterocycles. The van der Waals surface area contributed by atoms with Crippen molar-refractivity contribution in [2.24, 2.45) is 5.41 Å². The molecule has 14 heavy (non-hydrogen) atoms. The smallest absolute Gasteiger partial charge is 0.0532 e. The molecule has 3 heteroatoms. The Labute approximate surface area is 87.2 Å². The molecule has 1 rings (SSSR count). The molecule has 1 aliphatic rings. The topological polar surface area (TPSA) is 30.5 Å². The highest BCUT2D eigenvalue weighted by Gasteiger charge is 2.32. The maximum Gasteiger partial charge on any atom is 0.0532 e. The molecule has 0 aromatic heterocycles. The first-order valence-corrected chi connectivity index (χ1v) is 5.49. The number of hydrogen-bond donors (Lipinski definition) is 1. The van der Waals surface area contributed by atoms with Crippen LogP contribution in [-0.4, -0.2) is 39.5 Å². The van der Waals surface area contributed by atoms with Crippen LogP contribution in [0.3, 0.4) is 0 Å². The Kier molecular flexibility index (Phi) is 4.85. The summed E-state index contributed by atoms with van der Waals surface area (Å²) in [5.74, 6) is 0. The van der Waals surface area contributed by atoms with E-state index < -0.39 is 0 Å². The van der Waals surface area contributed by atoms with Gasteiger partial charge in [-0.3, -0.25) is 0 Å². The highest BCUT2D eigenvalue weighted by atomic mass is 16.5. The van der Waals surface area contributed by atoms with Gasteiger partial charge in [0.1, 0.15) is 0 Å². The standard InChI is InChI=1S/C11H23NO2/c1-10(2)12-8-11(9-13-3)4-6-14-7-5-11/h10,12H,4-9H2,1-3H3. The van der Waals surface area contributed by atoms with Crippen LogP contribution in [0, 0.1) is 5.41 Å². The largest absolute Gasteiger partial charge is 0.384 e. The van der Waals surface area contributed by atoms with Gasteiger partial charge in [-0.15, -0.1) is 0 Å². The average molecular weight is 201 g/mol. The summed E-state index contributed by atoms with van der Waals surface area (Å²) in [5.41, 5.74) is 0.303. The second-order valence-corrected chi connectivity index (χ2v) is 4.58. The number of nitrogens with one attached hydrogen (secondary N) is 1. The zero-order chi connectivity index (χ0) is 10.4. The van der Waals surface area contributed by atoms with Crippen molar-refractivity contribution >= 4 is 0 Å². The Morgan fingerprint density at radius 1 is 1.36 bits per heavy atom. The molecule has 0 amide bonds. The minimum absolute atomic E-state index is 0.303. The average Bonchev–Trinajstić information content (AvgIpc) is 2.17. The maximum atomic E-state index is 5.39. The maximum absolute atomic E-state index is 5.39. The molecule has 0 radical (unpaired) electrons. The fourth-order valence-corrected chi connectivity index (χ4v) is 1.90. The Bertz CT molecular complexity index is 148. The highest BCUT2D eigenvalue weighted by molar-refractivity contribution is 4.84. The lowest BCUT2D eigenvalue weighted by molar-refractivity contribution is -0.0275. The predicted molar refractivity (Wildman–Crippen MR) is 57.5 cm³/mol. The molecule has 0 saturated carbocycles. The second kappa shape index (κ2) is 5.69. The Morgan fingerprint density at radius 2 is 2.00 bits per heavy atom. The van der Waals surface area contributed by atoms with Gasteiger partial charge in [-0.25, -0.2) is 0 Å². The van der Waals surface area contributed by atoms with Crippen LogP contribution in [-0.2, 0) is 9.47 Å². The molecule has 0 aliphatic carbocycles. The summed E-state index contributed by atoms with van der Waals surface area (Å²) < 4.78 is 10.7. The SMILES string of the molecule is COCC1(CNC(C)C)CCOCC1. The molecule has 0 aromatic carbocycles. The van der Waals surface area contributed by atoms with E-state index in [1.807, 2.05) is 0 Å². The summed E-state index contributed by atoms with van der Waals surface area (Å²) in [4.78, 5) is 0. The molecule has 0 atom stereocenters. The number of methoxy groups -OCH3 is 1. The van der Waals surface area contributed by atoms with Crippen LogP contribution in [0.25, 0.3) is 0 Å². The molecular formula is C11H23NO2. The first-order chi connectivity index (χ1) is 6.68. The van der Waals surface area contributed by atoms with Gasteiger partial charge in [0.25, 0.3) is 0 Å². The van der Waals surface area contributed by atoms with E-state index in [-0.39, 0.29) is 0 Å². The molecule has 0 bridgehead atoms. The summed E-state index contributed by atoms with van der Waals surface area (Å²) in [6.45, 7) is 8.00. The normalized spacial score (nSPS) is 21.4. The molecule has 1 saturated heterocycles. The van der Waals surface area contributed by atoms with Crippen molar-refractivity contribution in [2.75, 3.05) is 33.5 Å². The first kappa shape index (κ1) is 12.0. The van der Waals surface area contributed by atoms with E-state index in [9.17, 15) is 0 Å². The summed E-state index contributed by atoms with van der Waals surface area (Å²) in [7, 11) is 1.78. The molecule has 1 N–H and O–H groups in total. The number of hydrogen-bond acceptors (Lipinski definition) is 3. The summed E-state index contributed by atoms with van der Waals surface area (Å²) in [6.07, 6.45) is 2.22. The van der Waals surface area contributed by atoms with Crippen molar-refractivity contribution in [2.45, 2.75) is 32.7 Å². The van der Waals surface area contributed by atoms with Gasteiger partial charge in [0.05, 0.1) is 6.61 Å². The second-order valence-electron chi connectivity index (χ2n) is 4.58. The summed E-state index contributed by atoms with van der Waals surface area (Å²) >= 11 is 0. The first-order valence-electron chi connectivity index (χ1n) is 5.49. The highest BCUT2D eigenvalue weighted by Crippen LogP contribution is 2.30. The molecule has 0 aromatic rings. The van der Waals surface area contributed by atoms with Crippen LogP contribution in [0.2, 0.25) is 0 Å². The fraction of sp³-hybridized carbons (Fsp3) is 1.00. The van der Waals surface area contributed by atoms with Crippen molar-refractivity contribution in [1.82, 2.24) is 5.32 Å². The van der Waals surface area contributed by atoms with Gasteiger partial charge in [0.15, 0.2) is 0 Å². The zero-order valence-corrected chi connectivity index (χ0v) is 9.64. The van der Waals surface area contributed by atoms with Gasteiger partial charge in [-0.2, -0.15) is 0 Å². The van der Waals surface area contributed by atoms with Crippen molar-refractivity contribution < 1.29 is 9.47 Å². The van der Waals surface area contributed by atoms with Crippen LogP contribution >= 0.6 is 0 Å². The predicted octanol–water partition coefficient (Wildman–Crippen LogP) is 1.43. The van der Waals surface area contributed by atoms with E-state index >= 15 is 0 Å². The van der Waals surface area contributed by atoms with E-state index in [2.05, 4.69) is 19.2 Å². The third-order valence-electron chi connectivity index (χ3n) is 2.89. The monoisotopic (exact) mass is 201 g/mol. The van der Waals surface area contributed by atoms with E-state index in [0.717, 1.165) is 39.2 Å². The minimum Gasteiger partial charge on any atom is -0.384 e. The molecule has 1 aliphatic heterocycles. The van der Waals surface area contributed by atoms with Crippen molar-refractivity contribution in [3.63, 3.8) is 0 Å². The minimum atomic E-state index is 0.303. The lowest BCUT2D eigenvalue weighted by Crippen LogP contribution is -2.44. The third kappa shape index (κ3) is 3.56. The molecule has 0 spiro atoms. The van der Waals surface area contributed by atoms with Crippen LogP contribution < -0.4 is 5.32 Å². The van der Waals surface area contributed by atoms with E-state index in [4.69, 9.17) is 9.47 Å². The van der Waals surface area contributed by atoms with Crippen LogP contribution in [0.1, 0.15) is 26.7 Å². The van der Waals surface area contributed by atoms with Gasteiger partial charge in [0, 0.05) is 38.3 Å². The lowest BCUT2D eigenvalue weighted by Gasteiger charge is -2.37. The van der Waals surface area contributed by atoms with Crippen molar-refractivity contribution in [3.8, 4) is 0 Å². The summed E-state index contributed by atoms with van der Waals surface area (Å²) in [5, 5.41) is 3.51. The van der Waals surface area contributed by atoms with Crippen molar-refractivity contribution in [3.05, 3.63) is 0 Å². The Balaban J connectivity index is 2.42. The van der Waals surface area contributed by atoms with Crippen LogP contribution in [0.4, 0.5) is 0 Å². The van der Waals surface area contributed by atoms with Gasteiger partial charge < -0.3 is 14.8 Å². The molecule has 84 valence electrons. The van der Waals surface area contributed by atoms with E-state index in [1.54, 1.807) is 7.11 Å². The Hall–Kier alpha value is -0.120. The third-order valence-corrected chi connectivity index (χ3v) is 2.89. The summed E-state index contributed by atoms with van der Waals surface area (Å²) in [6, 6.07) is 0.548. The van der Waals surface area contributed by atoms with Crippen LogP contribution in [0.15, 0.2) is 0 Å². The zero-order valence-electron chi connectivity index (χ0n) is 9.64. The number of rotatable bonds is 5. The van der Waals surface area contributed by atoms with Crippen LogP contribution in [0.5, 0.6) is 0 Å². The molecule has 3 nitrogen and oxygen atoms in total. The van der Waals surface area contributed by atoms with Gasteiger partial charge in [0.2, 0.25) is 0 Å². The van der Waals surface area contributed by atoms with Crippen molar-refractivity contribution in [1.29, 1.82) is 0 Å². The van der Waals surface area contributed by atoms with E-state index in [0.29, 0.717) is 11.5 Å². The molecular weight excluding hydrogens is 178 g/mol. The molecule has 0 unspecified atom stereocenters. The Morgan fingerprint density at radius 3 is 2.50 bits per heavy atom. The molecule has 1 fully saturated rings. The van der Waals surface area contributed by atoms with Gasteiger partial charge >= 0.3 is 0 Å². The lowest BCUT2D eigenvalue weighted by atomic mass is 9.81. The van der Waals surface area contributed by atoms with Gasteiger partial charge in [-0.05, 0) is 12.8 Å². The fourth-order valence-electron chi connectivity index (χ4n) is 1.90. The van der Waals surface area contributed by atoms with Gasteiger partial charge in [-0.1, -0.05) is 13.8 Å². The quantitative estimate of drug-likeness (QED) is 0.730. The number of ether oxygens (including phenoxy) is 2. The van der Waals surface area contributed by atoms with E-state index in [1.165, 1.54) is 0 Å².